The number of rotatable bonds is 2. The lowest BCUT2D eigenvalue weighted by Gasteiger charge is -2.30. The summed E-state index contributed by atoms with van der Waals surface area (Å²) in [6, 6.07) is 11.2. The van der Waals surface area contributed by atoms with Gasteiger partial charge in [0.15, 0.2) is 0 Å². The molecule has 5 rings (SSSR count). The third-order valence-corrected chi connectivity index (χ3v) is 6.16. The highest BCUT2D eigenvalue weighted by molar-refractivity contribution is 6.25. The highest BCUT2D eigenvalue weighted by Gasteiger charge is 2.71. The van der Waals surface area contributed by atoms with E-state index in [-0.39, 0.29) is 5.69 Å². The molecule has 3 aliphatic heterocycles. The number of para-hydroxylation sites is 1. The summed E-state index contributed by atoms with van der Waals surface area (Å²) in [4.78, 5) is 40.9. The number of fused-ring (bicyclic) bond motifs is 4. The van der Waals surface area contributed by atoms with E-state index in [0.717, 1.165) is 4.90 Å². The molecule has 0 aromatic heterocycles. The molecule has 0 bridgehead atoms. The molecule has 0 saturated carbocycles. The highest BCUT2D eigenvalue weighted by Crippen LogP contribution is 2.53. The zero-order valence-corrected chi connectivity index (χ0v) is 15.4. The fourth-order valence-corrected chi connectivity index (χ4v) is 4.95. The number of carbonyl (C=O) groups excluding carboxylic acids is 3. The van der Waals surface area contributed by atoms with Gasteiger partial charge in [-0.05, 0) is 37.3 Å². The van der Waals surface area contributed by atoms with Gasteiger partial charge < -0.3 is 10.4 Å². The van der Waals surface area contributed by atoms with Gasteiger partial charge in [-0.1, -0.05) is 18.2 Å². The Bertz CT molecular complexity index is 1050. The van der Waals surface area contributed by atoms with E-state index < -0.39 is 53.1 Å². The SMILES string of the molecule is C[C@@H](O)[C@H]1N[C@]2(C(=O)Nc3ccccc32)[C@H]2C(=O)N(c3ccc(F)cc3)C(=O)[C@H]12. The van der Waals surface area contributed by atoms with Crippen molar-refractivity contribution in [3.63, 3.8) is 0 Å². The average molecular weight is 395 g/mol. The van der Waals surface area contributed by atoms with Crippen molar-refractivity contribution in [3.05, 3.63) is 59.9 Å². The molecule has 2 saturated heterocycles. The number of hydrogen-bond donors (Lipinski definition) is 3. The number of hydrogen-bond acceptors (Lipinski definition) is 5. The molecular formula is C21H18FN3O4. The summed E-state index contributed by atoms with van der Waals surface area (Å²) in [6.07, 6.45) is -0.979. The van der Waals surface area contributed by atoms with Crippen molar-refractivity contribution in [1.82, 2.24) is 5.32 Å². The first-order valence-corrected chi connectivity index (χ1v) is 9.36. The Morgan fingerprint density at radius 2 is 1.76 bits per heavy atom. The largest absolute Gasteiger partial charge is 0.392 e. The summed E-state index contributed by atoms with van der Waals surface area (Å²) in [5.41, 5.74) is -0.0764. The molecule has 29 heavy (non-hydrogen) atoms. The summed E-state index contributed by atoms with van der Waals surface area (Å²) >= 11 is 0. The predicted octanol–water partition coefficient (Wildman–Crippen LogP) is 1.13. The molecule has 0 aliphatic carbocycles. The first kappa shape index (κ1) is 18.0. The summed E-state index contributed by atoms with van der Waals surface area (Å²) in [5, 5.41) is 16.3. The van der Waals surface area contributed by atoms with Gasteiger partial charge in [-0.3, -0.25) is 19.7 Å². The maximum atomic E-state index is 13.5. The first-order valence-electron chi connectivity index (χ1n) is 9.36. The molecule has 0 radical (unpaired) electrons. The van der Waals surface area contributed by atoms with Crippen LogP contribution in [0.1, 0.15) is 12.5 Å². The van der Waals surface area contributed by atoms with Crippen LogP contribution in [-0.4, -0.2) is 35.0 Å². The van der Waals surface area contributed by atoms with Crippen LogP contribution in [0, 0.1) is 17.7 Å². The van der Waals surface area contributed by atoms with E-state index in [4.69, 9.17) is 0 Å². The molecule has 1 spiro atoms. The van der Waals surface area contributed by atoms with Crippen LogP contribution in [0.4, 0.5) is 15.8 Å². The molecule has 7 nitrogen and oxygen atoms in total. The van der Waals surface area contributed by atoms with E-state index in [1.165, 1.54) is 31.2 Å². The predicted molar refractivity (Wildman–Crippen MR) is 101 cm³/mol. The minimum Gasteiger partial charge on any atom is -0.392 e. The number of nitrogens with zero attached hydrogens (tertiary/aromatic N) is 1. The molecule has 148 valence electrons. The summed E-state index contributed by atoms with van der Waals surface area (Å²) in [5.74, 6) is -3.93. The minimum atomic E-state index is -1.45. The molecule has 3 N–H and O–H groups in total. The van der Waals surface area contributed by atoms with Crippen LogP contribution in [0.2, 0.25) is 0 Å². The van der Waals surface area contributed by atoms with Crippen molar-refractivity contribution in [2.45, 2.75) is 24.6 Å². The second-order valence-electron chi connectivity index (χ2n) is 7.71. The molecule has 5 atom stereocenters. The molecule has 0 unspecified atom stereocenters. The Morgan fingerprint density at radius 1 is 1.07 bits per heavy atom. The Balaban J connectivity index is 1.68. The smallest absolute Gasteiger partial charge is 0.250 e. The third kappa shape index (κ3) is 2.21. The van der Waals surface area contributed by atoms with Crippen LogP contribution in [0.15, 0.2) is 48.5 Å². The fraction of sp³-hybridized carbons (Fsp3) is 0.286. The number of carbonyl (C=O) groups is 3. The highest BCUT2D eigenvalue weighted by atomic mass is 19.1. The standard InChI is InChI=1S/C21H18FN3O4/c1-10(26)17-15-16(19(28)25(18(15)27)12-8-6-11(22)7-9-12)21(24-17)13-4-2-3-5-14(13)23-20(21)29/h2-10,15-17,24,26H,1H3,(H,23,29)/t10-,15+,16-,17-,21+/m1/s1. The van der Waals surface area contributed by atoms with Crippen LogP contribution >= 0.6 is 0 Å². The van der Waals surface area contributed by atoms with Crippen molar-refractivity contribution in [3.8, 4) is 0 Å². The lowest BCUT2D eigenvalue weighted by atomic mass is 9.76. The second kappa shape index (κ2) is 5.95. The molecule has 3 amide bonds. The van der Waals surface area contributed by atoms with Gasteiger partial charge in [0.25, 0.3) is 0 Å². The second-order valence-corrected chi connectivity index (χ2v) is 7.71. The van der Waals surface area contributed by atoms with E-state index in [2.05, 4.69) is 10.6 Å². The Kier molecular flexibility index (Phi) is 3.68. The summed E-state index contributed by atoms with van der Waals surface area (Å²) in [6.45, 7) is 1.52. The molecule has 3 aliphatic rings. The Hall–Kier alpha value is -3.10. The number of aliphatic hydroxyl groups excluding tert-OH is 1. The average Bonchev–Trinajstić information content (AvgIpc) is 3.28. The van der Waals surface area contributed by atoms with E-state index in [9.17, 15) is 23.9 Å². The fourth-order valence-electron chi connectivity index (χ4n) is 4.95. The molecule has 3 heterocycles. The van der Waals surface area contributed by atoms with Gasteiger partial charge in [0.05, 0.1) is 23.6 Å². The lowest BCUT2D eigenvalue weighted by molar-refractivity contribution is -0.130. The van der Waals surface area contributed by atoms with E-state index >= 15 is 0 Å². The van der Waals surface area contributed by atoms with Gasteiger partial charge in [0, 0.05) is 17.3 Å². The number of nitrogens with one attached hydrogen (secondary N) is 2. The minimum absolute atomic E-state index is 0.238. The third-order valence-electron chi connectivity index (χ3n) is 6.16. The maximum absolute atomic E-state index is 13.5. The van der Waals surface area contributed by atoms with Gasteiger partial charge in [0.2, 0.25) is 17.7 Å². The molecule has 2 aromatic carbocycles. The number of halogens is 1. The van der Waals surface area contributed by atoms with Crippen molar-refractivity contribution in [1.29, 1.82) is 0 Å². The molecule has 2 fully saturated rings. The Morgan fingerprint density at radius 3 is 2.45 bits per heavy atom. The number of imide groups is 1. The van der Waals surface area contributed by atoms with Gasteiger partial charge in [0.1, 0.15) is 11.4 Å². The first-order chi connectivity index (χ1) is 13.9. The van der Waals surface area contributed by atoms with E-state index in [1.807, 2.05) is 0 Å². The van der Waals surface area contributed by atoms with Crippen LogP contribution in [0.5, 0.6) is 0 Å². The molecular weight excluding hydrogens is 377 g/mol. The van der Waals surface area contributed by atoms with Crippen molar-refractivity contribution in [2.24, 2.45) is 11.8 Å². The summed E-state index contributed by atoms with van der Waals surface area (Å²) in [7, 11) is 0. The quantitative estimate of drug-likeness (QED) is 0.663. The van der Waals surface area contributed by atoms with Crippen LogP contribution in [0.25, 0.3) is 0 Å². The van der Waals surface area contributed by atoms with E-state index in [0.29, 0.717) is 11.3 Å². The zero-order chi connectivity index (χ0) is 20.5. The molecule has 8 heteroatoms. The number of anilines is 2. The van der Waals surface area contributed by atoms with Crippen molar-refractivity contribution in [2.75, 3.05) is 10.2 Å². The molecule has 2 aromatic rings. The van der Waals surface area contributed by atoms with Crippen LogP contribution in [0.3, 0.4) is 0 Å². The lowest BCUT2D eigenvalue weighted by Crippen LogP contribution is -2.54. The summed E-state index contributed by atoms with van der Waals surface area (Å²) < 4.78 is 13.3. The van der Waals surface area contributed by atoms with Crippen LogP contribution < -0.4 is 15.5 Å². The Labute approximate surface area is 165 Å². The normalized spacial score (nSPS) is 31.2. The van der Waals surface area contributed by atoms with Crippen molar-refractivity contribution >= 4 is 29.1 Å². The van der Waals surface area contributed by atoms with Gasteiger partial charge in [-0.2, -0.15) is 0 Å². The van der Waals surface area contributed by atoms with Gasteiger partial charge in [-0.15, -0.1) is 0 Å². The number of benzene rings is 2. The van der Waals surface area contributed by atoms with E-state index in [1.54, 1.807) is 24.3 Å². The number of amides is 3. The van der Waals surface area contributed by atoms with Crippen molar-refractivity contribution < 1.29 is 23.9 Å². The van der Waals surface area contributed by atoms with Gasteiger partial charge in [-0.25, -0.2) is 9.29 Å². The van der Waals surface area contributed by atoms with Gasteiger partial charge >= 0.3 is 0 Å². The maximum Gasteiger partial charge on any atom is 0.250 e. The topological polar surface area (TPSA) is 98.7 Å². The zero-order valence-electron chi connectivity index (χ0n) is 15.4. The number of aliphatic hydroxyl groups is 1. The van der Waals surface area contributed by atoms with Crippen LogP contribution in [-0.2, 0) is 19.9 Å². The monoisotopic (exact) mass is 395 g/mol.